The second-order valence-electron chi connectivity index (χ2n) is 8.27. The van der Waals surface area contributed by atoms with Crippen molar-refractivity contribution in [2.24, 2.45) is 0 Å². The highest BCUT2D eigenvalue weighted by Crippen LogP contribution is 2.28. The van der Waals surface area contributed by atoms with Gasteiger partial charge in [-0.25, -0.2) is 8.42 Å². The summed E-state index contributed by atoms with van der Waals surface area (Å²) in [5.74, 6) is 0.0103. The highest BCUT2D eigenvalue weighted by atomic mass is 32.2. The van der Waals surface area contributed by atoms with E-state index in [0.717, 1.165) is 30.4 Å². The molecule has 1 aliphatic heterocycles. The first-order valence-corrected chi connectivity index (χ1v) is 11.9. The molecule has 0 spiro atoms. The Balaban J connectivity index is 1.51. The van der Waals surface area contributed by atoms with Crippen molar-refractivity contribution in [3.63, 3.8) is 0 Å². The molecule has 0 N–H and O–H groups in total. The van der Waals surface area contributed by atoms with Gasteiger partial charge in [-0.2, -0.15) is 4.31 Å². The number of carbonyl (C=O) groups is 1. The summed E-state index contributed by atoms with van der Waals surface area (Å²) in [5.41, 5.74) is 3.37. The molecular formula is C23H29N3O3S. The number of carbonyl (C=O) groups excluding carboxylic acids is 1. The zero-order valence-electron chi connectivity index (χ0n) is 17.6. The summed E-state index contributed by atoms with van der Waals surface area (Å²) in [6, 6.07) is 14.9. The molecule has 4 rings (SSSR count). The lowest BCUT2D eigenvalue weighted by Crippen LogP contribution is -2.52. The molecule has 1 aliphatic carbocycles. The lowest BCUT2D eigenvalue weighted by molar-refractivity contribution is -0.135. The van der Waals surface area contributed by atoms with E-state index in [1.807, 2.05) is 42.5 Å². The molecule has 2 aliphatic rings. The lowest BCUT2D eigenvalue weighted by atomic mass is 10.0. The zero-order valence-corrected chi connectivity index (χ0v) is 18.4. The van der Waals surface area contributed by atoms with Crippen LogP contribution in [0.25, 0.3) is 0 Å². The molecule has 2 aromatic rings. The van der Waals surface area contributed by atoms with Gasteiger partial charge in [0.15, 0.2) is 0 Å². The number of hydrogen-bond donors (Lipinski definition) is 0. The van der Waals surface area contributed by atoms with Gasteiger partial charge < -0.3 is 4.90 Å². The van der Waals surface area contributed by atoms with Crippen LogP contribution in [0.4, 0.5) is 0 Å². The standard InChI is InChI=1S/C23H29N3O3S/c1-24(2)23(27)22(19-7-4-3-5-8-19)25-13-15-26(16-14-25)30(28,29)21-12-11-18-9-6-10-20(18)17-21/h3-5,7-8,11-12,17,22H,6,9-10,13-16H2,1-2H3/t22-/m1/s1. The highest BCUT2D eigenvalue weighted by molar-refractivity contribution is 7.89. The Morgan fingerprint density at radius 2 is 1.60 bits per heavy atom. The molecule has 1 atom stereocenters. The number of aryl methyl sites for hydroxylation is 2. The minimum absolute atomic E-state index is 0.0103. The van der Waals surface area contributed by atoms with Crippen LogP contribution >= 0.6 is 0 Å². The number of piperazine rings is 1. The number of sulfonamides is 1. The van der Waals surface area contributed by atoms with E-state index in [0.29, 0.717) is 31.1 Å². The molecule has 0 saturated carbocycles. The van der Waals surface area contributed by atoms with E-state index in [1.54, 1.807) is 29.4 Å². The number of amides is 1. The van der Waals surface area contributed by atoms with Crippen LogP contribution < -0.4 is 0 Å². The fraction of sp³-hybridized carbons (Fsp3) is 0.435. The second-order valence-corrected chi connectivity index (χ2v) is 10.2. The number of nitrogens with zero attached hydrogens (tertiary/aromatic N) is 3. The maximum absolute atomic E-state index is 13.2. The maximum Gasteiger partial charge on any atom is 0.244 e. The Kier molecular flexibility index (Phi) is 5.95. The Morgan fingerprint density at radius 1 is 0.933 bits per heavy atom. The van der Waals surface area contributed by atoms with Crippen molar-refractivity contribution in [3.8, 4) is 0 Å². The monoisotopic (exact) mass is 427 g/mol. The van der Waals surface area contributed by atoms with E-state index in [4.69, 9.17) is 0 Å². The molecule has 6 nitrogen and oxygen atoms in total. The van der Waals surface area contributed by atoms with Crippen LogP contribution in [0, 0.1) is 0 Å². The summed E-state index contributed by atoms with van der Waals surface area (Å²) in [4.78, 5) is 17.0. The molecule has 0 unspecified atom stereocenters. The normalized spacial score (nSPS) is 18.7. The molecule has 1 amide bonds. The quantitative estimate of drug-likeness (QED) is 0.735. The average molecular weight is 428 g/mol. The van der Waals surface area contributed by atoms with Crippen LogP contribution in [0.5, 0.6) is 0 Å². The Labute approximate surface area is 179 Å². The molecule has 0 bridgehead atoms. The van der Waals surface area contributed by atoms with Crippen molar-refractivity contribution in [2.45, 2.75) is 30.2 Å². The van der Waals surface area contributed by atoms with Gasteiger partial charge in [-0.05, 0) is 48.1 Å². The number of rotatable bonds is 5. The van der Waals surface area contributed by atoms with Crippen LogP contribution in [-0.2, 0) is 27.7 Å². The fourth-order valence-electron chi connectivity index (χ4n) is 4.45. The molecule has 1 fully saturated rings. The zero-order chi connectivity index (χ0) is 21.3. The van der Waals surface area contributed by atoms with Gasteiger partial charge in [-0.3, -0.25) is 9.69 Å². The van der Waals surface area contributed by atoms with Gasteiger partial charge in [-0.1, -0.05) is 36.4 Å². The predicted octanol–water partition coefficient (Wildman–Crippen LogP) is 2.31. The molecule has 0 aromatic heterocycles. The van der Waals surface area contributed by atoms with Crippen molar-refractivity contribution in [2.75, 3.05) is 40.3 Å². The van der Waals surface area contributed by atoms with Crippen molar-refractivity contribution in [1.82, 2.24) is 14.1 Å². The summed E-state index contributed by atoms with van der Waals surface area (Å²) >= 11 is 0. The number of likely N-dealkylation sites (N-methyl/N-ethyl adjacent to an activating group) is 1. The van der Waals surface area contributed by atoms with Crippen LogP contribution in [0.15, 0.2) is 53.4 Å². The first-order chi connectivity index (χ1) is 14.4. The molecular weight excluding hydrogens is 398 g/mol. The third-order valence-electron chi connectivity index (χ3n) is 6.14. The Bertz CT molecular complexity index is 1010. The topological polar surface area (TPSA) is 60.9 Å². The first-order valence-electron chi connectivity index (χ1n) is 10.5. The van der Waals surface area contributed by atoms with Crippen molar-refractivity contribution < 1.29 is 13.2 Å². The van der Waals surface area contributed by atoms with Crippen molar-refractivity contribution >= 4 is 15.9 Å². The summed E-state index contributed by atoms with van der Waals surface area (Å²) in [5, 5.41) is 0. The Morgan fingerprint density at radius 3 is 2.27 bits per heavy atom. The van der Waals surface area contributed by atoms with E-state index in [1.165, 1.54) is 5.56 Å². The van der Waals surface area contributed by atoms with E-state index < -0.39 is 16.1 Å². The fourth-order valence-corrected chi connectivity index (χ4v) is 5.92. The average Bonchev–Trinajstić information content (AvgIpc) is 3.23. The van der Waals surface area contributed by atoms with Gasteiger partial charge in [0.05, 0.1) is 4.90 Å². The van der Waals surface area contributed by atoms with Crippen LogP contribution in [-0.4, -0.2) is 68.7 Å². The van der Waals surface area contributed by atoms with Crippen molar-refractivity contribution in [3.05, 3.63) is 65.2 Å². The van der Waals surface area contributed by atoms with Crippen molar-refractivity contribution in [1.29, 1.82) is 0 Å². The smallest absolute Gasteiger partial charge is 0.244 e. The van der Waals surface area contributed by atoms with Gasteiger partial charge in [0.1, 0.15) is 6.04 Å². The van der Waals surface area contributed by atoms with Gasteiger partial charge in [0, 0.05) is 40.3 Å². The molecule has 30 heavy (non-hydrogen) atoms. The van der Waals surface area contributed by atoms with Crippen LogP contribution in [0.2, 0.25) is 0 Å². The van der Waals surface area contributed by atoms with E-state index in [2.05, 4.69) is 4.90 Å². The lowest BCUT2D eigenvalue weighted by Gasteiger charge is -2.39. The second kappa shape index (κ2) is 8.49. The molecule has 7 heteroatoms. The molecule has 2 aromatic carbocycles. The SMILES string of the molecule is CN(C)C(=O)[C@@H](c1ccccc1)N1CCN(S(=O)(=O)c2ccc3c(c2)CCC3)CC1. The summed E-state index contributed by atoms with van der Waals surface area (Å²) in [6.07, 6.45) is 3.09. The first kappa shape index (κ1) is 21.0. The van der Waals surface area contributed by atoms with Crippen LogP contribution in [0.3, 0.4) is 0 Å². The highest BCUT2D eigenvalue weighted by Gasteiger charge is 2.35. The molecule has 1 heterocycles. The van der Waals surface area contributed by atoms with Gasteiger partial charge in [0.2, 0.25) is 15.9 Å². The molecule has 160 valence electrons. The van der Waals surface area contributed by atoms with E-state index >= 15 is 0 Å². The van der Waals surface area contributed by atoms with E-state index in [9.17, 15) is 13.2 Å². The van der Waals surface area contributed by atoms with E-state index in [-0.39, 0.29) is 5.91 Å². The predicted molar refractivity (Wildman–Crippen MR) is 117 cm³/mol. The summed E-state index contributed by atoms with van der Waals surface area (Å²) in [6.45, 7) is 1.79. The molecule has 1 saturated heterocycles. The molecule has 0 radical (unpaired) electrons. The maximum atomic E-state index is 13.2. The largest absolute Gasteiger partial charge is 0.347 e. The minimum Gasteiger partial charge on any atom is -0.347 e. The van der Waals surface area contributed by atoms with Gasteiger partial charge in [-0.15, -0.1) is 0 Å². The van der Waals surface area contributed by atoms with Gasteiger partial charge >= 0.3 is 0 Å². The Hall–Kier alpha value is -2.22. The third kappa shape index (κ3) is 4.02. The van der Waals surface area contributed by atoms with Crippen LogP contribution in [0.1, 0.15) is 29.2 Å². The number of hydrogen-bond acceptors (Lipinski definition) is 4. The summed E-state index contributed by atoms with van der Waals surface area (Å²) in [7, 11) is -0.00907. The number of benzene rings is 2. The summed E-state index contributed by atoms with van der Waals surface area (Å²) < 4.78 is 28.0. The van der Waals surface area contributed by atoms with Gasteiger partial charge in [0.25, 0.3) is 0 Å². The third-order valence-corrected chi connectivity index (χ3v) is 8.03. The number of fused-ring (bicyclic) bond motifs is 1. The minimum atomic E-state index is -3.52.